The van der Waals surface area contributed by atoms with Gasteiger partial charge in [-0.05, 0) is 19.4 Å². The second-order valence-corrected chi connectivity index (χ2v) is 6.06. The van der Waals surface area contributed by atoms with Crippen molar-refractivity contribution in [1.82, 2.24) is 10.3 Å². The molecule has 0 bridgehead atoms. The van der Waals surface area contributed by atoms with Gasteiger partial charge in [-0.25, -0.2) is 4.98 Å². The lowest BCUT2D eigenvalue weighted by Crippen LogP contribution is -2.17. The van der Waals surface area contributed by atoms with Crippen molar-refractivity contribution in [3.63, 3.8) is 0 Å². The summed E-state index contributed by atoms with van der Waals surface area (Å²) in [5, 5.41) is 4.16. The van der Waals surface area contributed by atoms with Crippen molar-refractivity contribution in [3.05, 3.63) is 15.6 Å². The molecular weight excluding hydrogens is 289 g/mol. The number of aromatic nitrogens is 1. The van der Waals surface area contributed by atoms with Gasteiger partial charge in [0.05, 0.1) is 17.3 Å². The van der Waals surface area contributed by atoms with E-state index in [0.717, 1.165) is 23.8 Å². The molecule has 2 rings (SSSR count). The first-order chi connectivity index (χ1) is 9.49. The van der Waals surface area contributed by atoms with E-state index in [1.807, 2.05) is 6.92 Å². The van der Waals surface area contributed by atoms with Crippen molar-refractivity contribution in [3.8, 4) is 0 Å². The molecule has 1 N–H and O–H groups in total. The van der Waals surface area contributed by atoms with E-state index in [2.05, 4.69) is 15.0 Å². The number of halogens is 3. The van der Waals surface area contributed by atoms with Gasteiger partial charge in [-0.3, -0.25) is 0 Å². The minimum Gasteiger partial charge on any atom is -0.372 e. The first-order valence-electron chi connectivity index (χ1n) is 6.83. The number of rotatable bonds is 8. The van der Waals surface area contributed by atoms with Crippen LogP contribution >= 0.6 is 11.3 Å². The molecule has 1 heterocycles. The minimum atomic E-state index is -4.25. The molecule has 1 aromatic rings. The van der Waals surface area contributed by atoms with Gasteiger partial charge in [0.15, 0.2) is 0 Å². The Hall–Kier alpha value is -0.660. The fraction of sp³-hybridized carbons (Fsp3) is 0.769. The Morgan fingerprint density at radius 1 is 1.40 bits per heavy atom. The van der Waals surface area contributed by atoms with Crippen molar-refractivity contribution in [2.45, 2.75) is 44.8 Å². The molecule has 0 radical (unpaired) electrons. The van der Waals surface area contributed by atoms with E-state index in [-0.39, 0.29) is 6.61 Å². The van der Waals surface area contributed by atoms with Gasteiger partial charge in [0, 0.05) is 23.8 Å². The summed E-state index contributed by atoms with van der Waals surface area (Å²) in [4.78, 5) is 5.80. The second-order valence-electron chi connectivity index (χ2n) is 4.89. The van der Waals surface area contributed by atoms with Gasteiger partial charge >= 0.3 is 6.18 Å². The van der Waals surface area contributed by atoms with Crippen LogP contribution in [0.3, 0.4) is 0 Å². The topological polar surface area (TPSA) is 34.1 Å². The average molecular weight is 308 g/mol. The third-order valence-electron chi connectivity index (χ3n) is 3.00. The number of thiazole rings is 1. The largest absolute Gasteiger partial charge is 0.411 e. The van der Waals surface area contributed by atoms with Crippen molar-refractivity contribution in [2.24, 2.45) is 0 Å². The van der Waals surface area contributed by atoms with E-state index in [1.54, 1.807) is 11.3 Å². The van der Waals surface area contributed by atoms with Crippen LogP contribution in [0.15, 0.2) is 0 Å². The van der Waals surface area contributed by atoms with Gasteiger partial charge < -0.3 is 10.1 Å². The van der Waals surface area contributed by atoms with Crippen molar-refractivity contribution < 1.29 is 17.9 Å². The number of ether oxygens (including phenoxy) is 1. The van der Waals surface area contributed by atoms with Gasteiger partial charge in [-0.15, -0.1) is 11.3 Å². The van der Waals surface area contributed by atoms with Crippen LogP contribution < -0.4 is 5.32 Å². The molecule has 0 amide bonds. The minimum absolute atomic E-state index is 0.0672. The number of hydrogen-bond acceptors (Lipinski definition) is 4. The zero-order valence-electron chi connectivity index (χ0n) is 11.4. The molecule has 1 saturated carbocycles. The van der Waals surface area contributed by atoms with Crippen LogP contribution in [-0.2, 0) is 17.7 Å². The molecule has 1 aliphatic carbocycles. The van der Waals surface area contributed by atoms with Gasteiger partial charge in [0.1, 0.15) is 6.61 Å². The summed E-state index contributed by atoms with van der Waals surface area (Å²) in [5.74, 6) is 0.560. The highest BCUT2D eigenvalue weighted by Gasteiger charge is 2.30. The third-order valence-corrected chi connectivity index (χ3v) is 4.13. The molecule has 0 unspecified atom stereocenters. The molecule has 1 fully saturated rings. The van der Waals surface area contributed by atoms with E-state index in [9.17, 15) is 13.2 Å². The van der Waals surface area contributed by atoms with Crippen LogP contribution in [0.25, 0.3) is 0 Å². The van der Waals surface area contributed by atoms with Crippen LogP contribution in [0, 0.1) is 0 Å². The van der Waals surface area contributed by atoms with E-state index < -0.39 is 12.8 Å². The molecule has 1 aromatic heterocycles. The normalized spacial score (nSPS) is 15.8. The zero-order chi connectivity index (χ0) is 14.6. The molecule has 0 aliphatic heterocycles. The van der Waals surface area contributed by atoms with Gasteiger partial charge in [0.25, 0.3) is 0 Å². The Bertz CT molecular complexity index is 430. The Morgan fingerprint density at radius 2 is 2.15 bits per heavy atom. The molecule has 20 heavy (non-hydrogen) atoms. The first kappa shape index (κ1) is 15.7. The van der Waals surface area contributed by atoms with Crippen LogP contribution in [0.1, 0.15) is 41.3 Å². The molecule has 1 aliphatic rings. The van der Waals surface area contributed by atoms with E-state index in [0.29, 0.717) is 12.3 Å². The summed E-state index contributed by atoms with van der Waals surface area (Å²) in [7, 11) is 0. The summed E-state index contributed by atoms with van der Waals surface area (Å²) < 4.78 is 40.5. The summed E-state index contributed by atoms with van der Waals surface area (Å²) in [6.45, 7) is 2.62. The molecule has 0 spiro atoms. The van der Waals surface area contributed by atoms with Crippen LogP contribution in [0.4, 0.5) is 13.2 Å². The lowest BCUT2D eigenvalue weighted by molar-refractivity contribution is -0.173. The van der Waals surface area contributed by atoms with E-state index >= 15 is 0 Å². The molecular formula is C13H19F3N2OS. The Balaban J connectivity index is 1.85. The number of alkyl halides is 3. The molecule has 0 atom stereocenters. The average Bonchev–Trinajstić information content (AvgIpc) is 3.13. The highest BCUT2D eigenvalue weighted by molar-refractivity contribution is 7.11. The van der Waals surface area contributed by atoms with Crippen LogP contribution in [-0.4, -0.2) is 30.9 Å². The van der Waals surface area contributed by atoms with Crippen LogP contribution in [0.2, 0.25) is 0 Å². The Labute approximate surface area is 120 Å². The number of nitrogens with zero attached hydrogens (tertiary/aromatic N) is 1. The first-order valence-corrected chi connectivity index (χ1v) is 7.65. The molecule has 0 aromatic carbocycles. The quantitative estimate of drug-likeness (QED) is 0.749. The highest BCUT2D eigenvalue weighted by atomic mass is 32.1. The lowest BCUT2D eigenvalue weighted by atomic mass is 10.2. The number of nitrogens with one attached hydrogen (secondary N) is 1. The van der Waals surface area contributed by atoms with Gasteiger partial charge in [0.2, 0.25) is 0 Å². The van der Waals surface area contributed by atoms with Crippen molar-refractivity contribution >= 4 is 11.3 Å². The fourth-order valence-electron chi connectivity index (χ4n) is 1.91. The lowest BCUT2D eigenvalue weighted by Gasteiger charge is -2.06. The molecule has 3 nitrogen and oxygen atoms in total. The monoisotopic (exact) mass is 308 g/mol. The van der Waals surface area contributed by atoms with E-state index in [4.69, 9.17) is 0 Å². The maximum absolute atomic E-state index is 12.0. The summed E-state index contributed by atoms with van der Waals surface area (Å²) >= 11 is 1.59. The molecule has 7 heteroatoms. The second kappa shape index (κ2) is 6.87. The van der Waals surface area contributed by atoms with Gasteiger partial charge in [-0.1, -0.05) is 6.92 Å². The SMILES string of the molecule is CCNCc1sc(CCOCC(F)(F)F)nc1C1CC1. The predicted molar refractivity (Wildman–Crippen MR) is 72.0 cm³/mol. The fourth-order valence-corrected chi connectivity index (χ4v) is 3.01. The standard InChI is InChI=1S/C13H19F3N2OS/c1-2-17-7-10-12(9-3-4-9)18-11(20-10)5-6-19-8-13(14,15)16/h9,17H,2-8H2,1H3. The van der Waals surface area contributed by atoms with Crippen LogP contribution in [0.5, 0.6) is 0 Å². The summed E-state index contributed by atoms with van der Waals surface area (Å²) in [5.41, 5.74) is 1.14. The highest BCUT2D eigenvalue weighted by Crippen LogP contribution is 2.42. The van der Waals surface area contributed by atoms with Crippen molar-refractivity contribution in [2.75, 3.05) is 19.8 Å². The van der Waals surface area contributed by atoms with E-state index in [1.165, 1.54) is 17.7 Å². The number of hydrogen-bond donors (Lipinski definition) is 1. The molecule has 114 valence electrons. The summed E-state index contributed by atoms with van der Waals surface area (Å²) in [6.07, 6.45) is -1.45. The molecule has 0 saturated heterocycles. The predicted octanol–water partition coefficient (Wildman–Crippen LogP) is 3.25. The van der Waals surface area contributed by atoms with Crippen molar-refractivity contribution in [1.29, 1.82) is 0 Å². The zero-order valence-corrected chi connectivity index (χ0v) is 12.2. The van der Waals surface area contributed by atoms with Gasteiger partial charge in [-0.2, -0.15) is 13.2 Å². The Kier molecular flexibility index (Phi) is 5.40. The Morgan fingerprint density at radius 3 is 2.75 bits per heavy atom. The smallest absolute Gasteiger partial charge is 0.372 e. The maximum Gasteiger partial charge on any atom is 0.411 e. The third kappa shape index (κ3) is 5.03. The maximum atomic E-state index is 12.0. The summed E-state index contributed by atoms with van der Waals surface area (Å²) in [6, 6.07) is 0.